The Bertz CT molecular complexity index is 694. The van der Waals surface area contributed by atoms with E-state index < -0.39 is 11.7 Å². The van der Waals surface area contributed by atoms with Gasteiger partial charge in [-0.25, -0.2) is 9.78 Å². The number of para-hydroxylation sites is 1. The van der Waals surface area contributed by atoms with E-state index in [2.05, 4.69) is 10.3 Å². The molecule has 1 aromatic heterocycles. The van der Waals surface area contributed by atoms with Crippen molar-refractivity contribution in [2.45, 2.75) is 39.8 Å². The lowest BCUT2D eigenvalue weighted by Crippen LogP contribution is -2.32. The number of benzene rings is 1. The molecule has 0 bridgehead atoms. The molecule has 0 aliphatic heterocycles. The molecule has 1 N–H and O–H groups in total. The van der Waals surface area contributed by atoms with Gasteiger partial charge in [0.2, 0.25) is 0 Å². The number of pyridine rings is 1. The Morgan fingerprint density at radius 2 is 1.83 bits per heavy atom. The quantitative estimate of drug-likeness (QED) is 0.915. The average Bonchev–Trinajstić information content (AvgIpc) is 2.52. The number of ether oxygens (including phenoxy) is 1. The number of carbonyl (C=O) groups excluding carboxylic acids is 1. The summed E-state index contributed by atoms with van der Waals surface area (Å²) in [6.07, 6.45) is -0.424. The minimum Gasteiger partial charge on any atom is -0.444 e. The third-order valence-corrected chi connectivity index (χ3v) is 3.49. The second-order valence-corrected chi connectivity index (χ2v) is 6.66. The molecule has 1 heterocycles. The molecular weight excluding hydrogens is 302 g/mol. The van der Waals surface area contributed by atoms with Crippen LogP contribution in [0.1, 0.15) is 32.0 Å². The van der Waals surface area contributed by atoms with Crippen LogP contribution in [0.15, 0.2) is 42.5 Å². The molecule has 0 aliphatic rings. The van der Waals surface area contributed by atoms with Crippen LogP contribution < -0.4 is 10.2 Å². The molecule has 0 aliphatic carbocycles. The molecule has 0 fully saturated rings. The van der Waals surface area contributed by atoms with E-state index in [0.717, 1.165) is 22.8 Å². The first-order chi connectivity index (χ1) is 11.3. The van der Waals surface area contributed by atoms with Crippen molar-refractivity contribution in [2.75, 3.05) is 11.9 Å². The van der Waals surface area contributed by atoms with Crippen molar-refractivity contribution in [1.82, 2.24) is 10.3 Å². The molecular formula is C19H25N3O2. The van der Waals surface area contributed by atoms with Crippen molar-refractivity contribution in [3.63, 3.8) is 0 Å². The minimum atomic E-state index is -0.500. The zero-order chi connectivity index (χ0) is 17.7. The zero-order valence-electron chi connectivity index (χ0n) is 15.0. The second kappa shape index (κ2) is 7.34. The molecule has 0 saturated heterocycles. The maximum atomic E-state index is 11.7. The van der Waals surface area contributed by atoms with Crippen LogP contribution in [-0.4, -0.2) is 23.7 Å². The van der Waals surface area contributed by atoms with Gasteiger partial charge in [0.1, 0.15) is 11.4 Å². The van der Waals surface area contributed by atoms with E-state index in [-0.39, 0.29) is 0 Å². The normalized spacial score (nSPS) is 11.0. The number of alkyl carbamates (subject to hydrolysis) is 1. The summed E-state index contributed by atoms with van der Waals surface area (Å²) < 4.78 is 5.24. The molecule has 2 aromatic rings. The van der Waals surface area contributed by atoms with Gasteiger partial charge in [-0.15, -0.1) is 0 Å². The first-order valence-electron chi connectivity index (χ1n) is 7.98. The van der Waals surface area contributed by atoms with Crippen LogP contribution in [0.4, 0.5) is 16.3 Å². The Kier molecular flexibility index (Phi) is 5.44. The van der Waals surface area contributed by atoms with Gasteiger partial charge in [-0.1, -0.05) is 24.3 Å². The molecule has 0 radical (unpaired) electrons. The Morgan fingerprint density at radius 1 is 1.17 bits per heavy atom. The first-order valence-corrected chi connectivity index (χ1v) is 7.98. The number of nitrogens with zero attached hydrogens (tertiary/aromatic N) is 2. The Labute approximate surface area is 143 Å². The average molecular weight is 327 g/mol. The third kappa shape index (κ3) is 4.98. The highest BCUT2D eigenvalue weighted by atomic mass is 16.6. The van der Waals surface area contributed by atoms with E-state index in [9.17, 15) is 4.79 Å². The van der Waals surface area contributed by atoms with Crippen LogP contribution in [0.5, 0.6) is 0 Å². The smallest absolute Gasteiger partial charge is 0.407 e. The predicted molar refractivity (Wildman–Crippen MR) is 96.6 cm³/mol. The largest absolute Gasteiger partial charge is 0.444 e. The van der Waals surface area contributed by atoms with Crippen LogP contribution in [0.2, 0.25) is 0 Å². The maximum Gasteiger partial charge on any atom is 0.407 e. The predicted octanol–water partition coefficient (Wildman–Crippen LogP) is 4.18. The summed E-state index contributed by atoms with van der Waals surface area (Å²) in [5, 5.41) is 2.76. The van der Waals surface area contributed by atoms with Gasteiger partial charge in [-0.05, 0) is 51.5 Å². The van der Waals surface area contributed by atoms with Gasteiger partial charge >= 0.3 is 6.09 Å². The summed E-state index contributed by atoms with van der Waals surface area (Å²) in [4.78, 5) is 18.4. The number of rotatable bonds is 4. The number of amides is 1. The Balaban J connectivity index is 2.03. The lowest BCUT2D eigenvalue weighted by molar-refractivity contribution is 0.0523. The SMILES string of the molecule is Cc1nc(N(C)c2ccccc2)ccc1CNC(=O)OC(C)(C)C. The van der Waals surface area contributed by atoms with E-state index in [1.807, 2.05) is 82.1 Å². The van der Waals surface area contributed by atoms with Gasteiger partial charge in [0.15, 0.2) is 0 Å². The number of aromatic nitrogens is 1. The molecule has 5 heteroatoms. The summed E-state index contributed by atoms with van der Waals surface area (Å²) >= 11 is 0. The van der Waals surface area contributed by atoms with Crippen molar-refractivity contribution in [3.05, 3.63) is 53.7 Å². The highest BCUT2D eigenvalue weighted by molar-refractivity contribution is 5.67. The van der Waals surface area contributed by atoms with Crippen molar-refractivity contribution < 1.29 is 9.53 Å². The maximum absolute atomic E-state index is 11.7. The lowest BCUT2D eigenvalue weighted by atomic mass is 10.2. The number of aryl methyl sites for hydroxylation is 1. The molecule has 24 heavy (non-hydrogen) atoms. The number of carbonyl (C=O) groups is 1. The van der Waals surface area contributed by atoms with E-state index >= 15 is 0 Å². The second-order valence-electron chi connectivity index (χ2n) is 6.66. The van der Waals surface area contributed by atoms with Gasteiger partial charge in [0, 0.05) is 25.0 Å². The third-order valence-electron chi connectivity index (χ3n) is 3.49. The van der Waals surface area contributed by atoms with Gasteiger partial charge in [0.25, 0.3) is 0 Å². The fourth-order valence-corrected chi connectivity index (χ4v) is 2.22. The standard InChI is InChI=1S/C19H25N3O2/c1-14-15(13-20-18(23)24-19(2,3)4)11-12-17(21-14)22(5)16-9-7-6-8-10-16/h6-12H,13H2,1-5H3,(H,20,23). The van der Waals surface area contributed by atoms with Crippen molar-refractivity contribution in [2.24, 2.45) is 0 Å². The van der Waals surface area contributed by atoms with Gasteiger partial charge < -0.3 is 15.0 Å². The summed E-state index contributed by atoms with van der Waals surface area (Å²) in [6, 6.07) is 14.0. The first kappa shape index (κ1) is 17.8. The monoisotopic (exact) mass is 327 g/mol. The van der Waals surface area contributed by atoms with Crippen LogP contribution in [0.25, 0.3) is 0 Å². The molecule has 0 spiro atoms. The van der Waals surface area contributed by atoms with E-state index in [1.54, 1.807) is 0 Å². The van der Waals surface area contributed by atoms with Crippen LogP contribution in [0, 0.1) is 6.92 Å². The van der Waals surface area contributed by atoms with Crippen LogP contribution in [-0.2, 0) is 11.3 Å². The van der Waals surface area contributed by atoms with E-state index in [1.165, 1.54) is 0 Å². The van der Waals surface area contributed by atoms with Crippen LogP contribution >= 0.6 is 0 Å². The summed E-state index contributed by atoms with van der Waals surface area (Å²) in [5.41, 5.74) is 2.42. The highest BCUT2D eigenvalue weighted by Crippen LogP contribution is 2.22. The number of hydrogen-bond acceptors (Lipinski definition) is 4. The topological polar surface area (TPSA) is 54.5 Å². The Morgan fingerprint density at radius 3 is 2.42 bits per heavy atom. The van der Waals surface area contributed by atoms with Gasteiger partial charge in [0.05, 0.1) is 0 Å². The fourth-order valence-electron chi connectivity index (χ4n) is 2.22. The summed E-state index contributed by atoms with van der Waals surface area (Å²) in [7, 11) is 1.98. The minimum absolute atomic E-state index is 0.392. The zero-order valence-corrected chi connectivity index (χ0v) is 15.0. The number of anilines is 2. The molecule has 1 amide bonds. The molecule has 0 saturated carbocycles. The van der Waals surface area contributed by atoms with Gasteiger partial charge in [-0.2, -0.15) is 0 Å². The van der Waals surface area contributed by atoms with Crippen molar-refractivity contribution in [1.29, 1.82) is 0 Å². The molecule has 2 rings (SSSR count). The molecule has 0 unspecified atom stereocenters. The molecule has 0 atom stereocenters. The number of hydrogen-bond donors (Lipinski definition) is 1. The molecule has 1 aromatic carbocycles. The number of nitrogens with one attached hydrogen (secondary N) is 1. The van der Waals surface area contributed by atoms with Crippen molar-refractivity contribution in [3.8, 4) is 0 Å². The summed E-state index contributed by atoms with van der Waals surface area (Å²) in [6.45, 7) is 7.85. The molecule has 5 nitrogen and oxygen atoms in total. The summed E-state index contributed by atoms with van der Waals surface area (Å²) in [5.74, 6) is 0.861. The highest BCUT2D eigenvalue weighted by Gasteiger charge is 2.16. The Hall–Kier alpha value is -2.56. The molecule has 128 valence electrons. The lowest BCUT2D eigenvalue weighted by Gasteiger charge is -2.21. The van der Waals surface area contributed by atoms with Crippen molar-refractivity contribution >= 4 is 17.6 Å². The van der Waals surface area contributed by atoms with Gasteiger partial charge in [-0.3, -0.25) is 0 Å². The van der Waals surface area contributed by atoms with Crippen LogP contribution in [0.3, 0.4) is 0 Å². The van der Waals surface area contributed by atoms with E-state index in [4.69, 9.17) is 4.74 Å². The van der Waals surface area contributed by atoms with E-state index in [0.29, 0.717) is 6.54 Å². The fraction of sp³-hybridized carbons (Fsp3) is 0.368.